The summed E-state index contributed by atoms with van der Waals surface area (Å²) in [5, 5.41) is 40.7. The Labute approximate surface area is 200 Å². The van der Waals surface area contributed by atoms with E-state index in [2.05, 4.69) is 15.5 Å². The molecule has 182 valence electrons. The summed E-state index contributed by atoms with van der Waals surface area (Å²) in [5.41, 5.74) is -0.520. The highest BCUT2D eigenvalue weighted by molar-refractivity contribution is 8.15. The molecule has 1 aliphatic rings. The maximum absolute atomic E-state index is 11.7. The first-order valence-corrected chi connectivity index (χ1v) is 10.7. The third-order valence-electron chi connectivity index (χ3n) is 4.33. The number of non-ortho nitro benzene ring substituents is 1. The molecule has 1 fully saturated rings. The van der Waals surface area contributed by atoms with E-state index in [4.69, 9.17) is 14.6 Å². The monoisotopic (exact) mass is 503 g/mol. The van der Waals surface area contributed by atoms with Gasteiger partial charge in [-0.25, -0.2) is 0 Å². The Bertz CT molecular complexity index is 1250. The Morgan fingerprint density at radius 1 is 1.17 bits per heavy atom. The Balaban J connectivity index is 1.80. The van der Waals surface area contributed by atoms with Crippen molar-refractivity contribution in [2.75, 3.05) is 6.61 Å². The Morgan fingerprint density at radius 2 is 1.91 bits per heavy atom. The number of amides is 1. The number of aliphatic carboxylic acids is 1. The van der Waals surface area contributed by atoms with E-state index in [0.717, 1.165) is 30.0 Å². The predicted molar refractivity (Wildman–Crippen MR) is 124 cm³/mol. The third kappa shape index (κ3) is 6.50. The van der Waals surface area contributed by atoms with Gasteiger partial charge in [0, 0.05) is 6.07 Å². The summed E-state index contributed by atoms with van der Waals surface area (Å²) in [6.45, 7) is 1.97. The molecule has 35 heavy (non-hydrogen) atoms. The highest BCUT2D eigenvalue weighted by Crippen LogP contribution is 2.38. The molecule has 0 saturated carbocycles. The molecule has 1 unspecified atom stereocenters. The van der Waals surface area contributed by atoms with Gasteiger partial charge in [-0.15, -0.1) is 5.10 Å². The van der Waals surface area contributed by atoms with Crippen LogP contribution < -0.4 is 14.8 Å². The molecular weight excluding hydrogens is 486 g/mol. The number of ether oxygens (including phenoxy) is 2. The van der Waals surface area contributed by atoms with Crippen molar-refractivity contribution in [2.45, 2.75) is 18.6 Å². The van der Waals surface area contributed by atoms with Crippen molar-refractivity contribution in [2.24, 2.45) is 10.2 Å². The van der Waals surface area contributed by atoms with Crippen molar-refractivity contribution >= 4 is 46.4 Å². The lowest BCUT2D eigenvalue weighted by atomic mass is 10.2. The second-order valence-corrected chi connectivity index (χ2v) is 7.94. The van der Waals surface area contributed by atoms with Crippen molar-refractivity contribution in [3.8, 4) is 17.2 Å². The van der Waals surface area contributed by atoms with Gasteiger partial charge in [0.15, 0.2) is 16.7 Å². The number of rotatable bonds is 10. The number of nitrogens with zero attached hydrogens (tertiary/aromatic N) is 4. The Hall–Kier alpha value is -4.53. The Morgan fingerprint density at radius 3 is 2.57 bits per heavy atom. The Kier molecular flexibility index (Phi) is 7.93. The quantitative estimate of drug-likeness (QED) is 0.276. The van der Waals surface area contributed by atoms with Gasteiger partial charge >= 0.3 is 11.7 Å². The van der Waals surface area contributed by atoms with Gasteiger partial charge < -0.3 is 19.9 Å². The molecule has 15 heteroatoms. The van der Waals surface area contributed by atoms with Crippen molar-refractivity contribution in [1.82, 2.24) is 5.32 Å². The van der Waals surface area contributed by atoms with E-state index in [1.807, 2.05) is 0 Å². The van der Waals surface area contributed by atoms with Crippen molar-refractivity contribution in [3.63, 3.8) is 0 Å². The van der Waals surface area contributed by atoms with E-state index in [-0.39, 0.29) is 35.4 Å². The zero-order valence-corrected chi connectivity index (χ0v) is 18.8. The number of amidine groups is 1. The van der Waals surface area contributed by atoms with Crippen LogP contribution in [0.25, 0.3) is 0 Å². The maximum Gasteiger partial charge on any atom is 0.318 e. The lowest BCUT2D eigenvalue weighted by molar-refractivity contribution is -0.394. The number of nitrogens with one attached hydrogen (secondary N) is 1. The van der Waals surface area contributed by atoms with Crippen LogP contribution in [0.1, 0.15) is 18.9 Å². The van der Waals surface area contributed by atoms with Crippen molar-refractivity contribution in [1.29, 1.82) is 0 Å². The molecule has 1 aliphatic heterocycles. The molecule has 0 radical (unpaired) electrons. The van der Waals surface area contributed by atoms with Crippen LogP contribution >= 0.6 is 11.8 Å². The van der Waals surface area contributed by atoms with E-state index in [1.165, 1.54) is 18.3 Å². The molecule has 2 aromatic rings. The molecule has 1 heterocycles. The molecule has 1 amide bonds. The minimum atomic E-state index is -1.10. The largest absolute Gasteiger partial charge is 0.490 e. The van der Waals surface area contributed by atoms with E-state index < -0.39 is 38.3 Å². The fourth-order valence-electron chi connectivity index (χ4n) is 2.82. The van der Waals surface area contributed by atoms with Gasteiger partial charge in [-0.3, -0.25) is 29.8 Å². The fourth-order valence-corrected chi connectivity index (χ4v) is 3.73. The average molecular weight is 503 g/mol. The van der Waals surface area contributed by atoms with E-state index in [1.54, 1.807) is 13.0 Å². The van der Waals surface area contributed by atoms with Crippen LogP contribution in [0.2, 0.25) is 0 Å². The SMILES string of the molecule is CCOc1cc(C=NN=C2NC(=O)C(CC(=O)O)S2)ccc1Oc1ccc([N+](=O)[O-])cc1[N+](=O)[O-]. The van der Waals surface area contributed by atoms with Crippen LogP contribution in [-0.2, 0) is 9.59 Å². The standard InChI is InChI=1S/C20H17N5O9S/c1-2-33-16-7-11(10-21-23-20-22-19(28)17(35-20)9-18(26)27)3-5-15(16)34-14-6-4-12(24(29)30)8-13(14)25(31)32/h3-8,10,17H,2,9H2,1H3,(H,26,27)(H,22,23,28). The second-order valence-electron chi connectivity index (χ2n) is 6.75. The van der Waals surface area contributed by atoms with Gasteiger partial charge in [0.25, 0.3) is 5.69 Å². The van der Waals surface area contributed by atoms with E-state index in [0.29, 0.717) is 5.56 Å². The molecule has 2 N–H and O–H groups in total. The summed E-state index contributed by atoms with van der Waals surface area (Å²) in [7, 11) is 0. The fraction of sp³-hybridized carbons (Fsp3) is 0.200. The predicted octanol–water partition coefficient (Wildman–Crippen LogP) is 3.09. The normalized spacial score (nSPS) is 16.3. The minimum Gasteiger partial charge on any atom is -0.490 e. The number of benzene rings is 2. The first-order valence-electron chi connectivity index (χ1n) is 9.85. The van der Waals surface area contributed by atoms with Crippen LogP contribution in [0.3, 0.4) is 0 Å². The number of hydrogen-bond acceptors (Lipinski definition) is 11. The topological polar surface area (TPSA) is 196 Å². The summed E-state index contributed by atoms with van der Waals surface area (Å²) in [6, 6.07) is 7.59. The number of nitro groups is 2. The third-order valence-corrected chi connectivity index (χ3v) is 5.40. The van der Waals surface area contributed by atoms with Crippen LogP contribution in [0.15, 0.2) is 46.6 Å². The summed E-state index contributed by atoms with van der Waals surface area (Å²) in [4.78, 5) is 43.3. The van der Waals surface area contributed by atoms with E-state index >= 15 is 0 Å². The first kappa shape index (κ1) is 25.1. The van der Waals surface area contributed by atoms with Crippen molar-refractivity contribution < 1.29 is 34.0 Å². The molecule has 3 rings (SSSR count). The highest BCUT2D eigenvalue weighted by atomic mass is 32.2. The van der Waals surface area contributed by atoms with Crippen LogP contribution in [0.5, 0.6) is 17.2 Å². The van der Waals surface area contributed by atoms with Gasteiger partial charge in [-0.1, -0.05) is 11.8 Å². The molecule has 0 aromatic heterocycles. The number of carboxylic acid groups (broad SMARTS) is 1. The zero-order chi connectivity index (χ0) is 25.5. The molecular formula is C20H17N5O9S. The number of carbonyl (C=O) groups is 2. The number of nitro benzene ring substituents is 2. The van der Waals surface area contributed by atoms with Gasteiger partial charge in [-0.2, -0.15) is 5.10 Å². The molecule has 0 bridgehead atoms. The number of carboxylic acids is 1. The molecule has 0 aliphatic carbocycles. The van der Waals surface area contributed by atoms with Gasteiger partial charge in [0.2, 0.25) is 11.7 Å². The lowest BCUT2D eigenvalue weighted by Gasteiger charge is -2.12. The number of thioether (sulfide) groups is 1. The number of carbonyl (C=O) groups excluding carboxylic acids is 1. The maximum atomic E-state index is 11.7. The minimum absolute atomic E-state index is 0.127. The molecule has 0 spiro atoms. The molecule has 14 nitrogen and oxygen atoms in total. The van der Waals surface area contributed by atoms with Gasteiger partial charge in [0.05, 0.1) is 35.2 Å². The van der Waals surface area contributed by atoms with Crippen molar-refractivity contribution in [3.05, 3.63) is 62.2 Å². The summed E-state index contributed by atoms with van der Waals surface area (Å²) < 4.78 is 11.2. The first-order chi connectivity index (χ1) is 16.7. The smallest absolute Gasteiger partial charge is 0.318 e. The van der Waals surface area contributed by atoms with Crippen LogP contribution in [0.4, 0.5) is 11.4 Å². The van der Waals surface area contributed by atoms with Gasteiger partial charge in [0.1, 0.15) is 5.25 Å². The molecule has 2 aromatic carbocycles. The second kappa shape index (κ2) is 11.1. The number of hydrogen-bond donors (Lipinski definition) is 2. The molecule has 1 saturated heterocycles. The van der Waals surface area contributed by atoms with Crippen LogP contribution in [-0.4, -0.2) is 50.1 Å². The summed E-state index contributed by atoms with van der Waals surface area (Å²) in [5.74, 6) is -1.43. The zero-order valence-electron chi connectivity index (χ0n) is 17.9. The van der Waals surface area contributed by atoms with E-state index in [9.17, 15) is 29.8 Å². The van der Waals surface area contributed by atoms with Crippen LogP contribution in [0, 0.1) is 20.2 Å². The average Bonchev–Trinajstić information content (AvgIpc) is 3.13. The molecule has 1 atom stereocenters. The highest BCUT2D eigenvalue weighted by Gasteiger charge is 2.32. The summed E-state index contributed by atoms with van der Waals surface area (Å²) >= 11 is 0.956. The lowest BCUT2D eigenvalue weighted by Crippen LogP contribution is -2.26. The summed E-state index contributed by atoms with van der Waals surface area (Å²) in [6.07, 6.45) is 1.01. The van der Waals surface area contributed by atoms with Gasteiger partial charge in [-0.05, 0) is 36.8 Å².